The summed E-state index contributed by atoms with van der Waals surface area (Å²) in [6, 6.07) is 36.0. The quantitative estimate of drug-likeness (QED) is 0.169. The van der Waals surface area contributed by atoms with Gasteiger partial charge in [0.05, 0.1) is 31.9 Å². The maximum absolute atomic E-state index is 11.3. The average molecular weight is 905 g/mol. The molecule has 2 heterocycles. The Bertz CT molecular complexity index is 3010. The van der Waals surface area contributed by atoms with Gasteiger partial charge in [0.15, 0.2) is 0 Å². The molecule has 8 rings (SSSR count). The zero-order valence-electron chi connectivity index (χ0n) is 38.5. The van der Waals surface area contributed by atoms with Gasteiger partial charge in [0.25, 0.3) is 0 Å². The number of rotatable bonds is 6. The first-order valence-electron chi connectivity index (χ1n) is 21.5. The van der Waals surface area contributed by atoms with Gasteiger partial charge in [-0.15, -0.1) is 29.3 Å². The van der Waals surface area contributed by atoms with Crippen LogP contribution in [0.5, 0.6) is 5.75 Å². The molecule has 55 heavy (non-hydrogen) atoms. The summed E-state index contributed by atoms with van der Waals surface area (Å²) in [6.07, 6.45) is -0.407. The van der Waals surface area contributed by atoms with Crippen LogP contribution in [-0.4, -0.2) is 19.6 Å². The third-order valence-electron chi connectivity index (χ3n) is 9.74. The summed E-state index contributed by atoms with van der Waals surface area (Å²) in [5.74, 6) is 0.630. The zero-order chi connectivity index (χ0) is 43.7. The van der Waals surface area contributed by atoms with Gasteiger partial charge in [-0.3, -0.25) is 9.55 Å². The van der Waals surface area contributed by atoms with Crippen LogP contribution in [-0.2, 0) is 31.9 Å². The fraction of sp³-hybridized carbons (Fsp3) is 0.160. The smallest absolute Gasteiger partial charge is 0.148 e. The molecule has 2 aromatic heterocycles. The third-order valence-corrected chi connectivity index (χ3v) is 9.74. The Kier molecular flexibility index (Phi) is 8.07. The summed E-state index contributed by atoms with van der Waals surface area (Å²) in [6.45, 7) is 12.8. The minimum absolute atomic E-state index is 0. The molecule has 0 unspecified atom stereocenters. The van der Waals surface area contributed by atoms with Crippen LogP contribution in [0.25, 0.3) is 72.7 Å². The van der Waals surface area contributed by atoms with Crippen molar-refractivity contribution >= 4 is 11.0 Å². The van der Waals surface area contributed by atoms with Crippen LogP contribution < -0.4 is 0 Å². The van der Waals surface area contributed by atoms with Crippen molar-refractivity contribution in [3.8, 4) is 67.5 Å². The van der Waals surface area contributed by atoms with E-state index in [1.807, 2.05) is 54.6 Å². The first kappa shape index (κ1) is 29.7. The Hall–Kier alpha value is -5.57. The van der Waals surface area contributed by atoms with Gasteiger partial charge in [-0.1, -0.05) is 150 Å². The number of aromatic nitrogens is 3. The Morgan fingerprint density at radius 1 is 0.618 bits per heavy atom. The SMILES string of the molecule is [2H]c1nc(-c2[c-]c(-c3cccc4c3nc(-c3ccccc3O)n4-c3ccc(C(C)(C)C)cc3-c3ccccc3)cc(C(C)(C)C)c2)cc(-c2c([2H])c([2H])c([2H])c([2H])c2[2H])c1[2H].[Pt]. The second kappa shape index (κ2) is 14.9. The summed E-state index contributed by atoms with van der Waals surface area (Å²) in [4.78, 5) is 9.83. The van der Waals surface area contributed by atoms with Crippen LogP contribution in [0.4, 0.5) is 0 Å². The van der Waals surface area contributed by atoms with E-state index in [0.29, 0.717) is 28.0 Å². The van der Waals surface area contributed by atoms with Crippen molar-refractivity contribution in [2.45, 2.75) is 52.4 Å². The predicted octanol–water partition coefficient (Wildman–Crippen LogP) is 12.9. The minimum Gasteiger partial charge on any atom is -0.507 e. The largest absolute Gasteiger partial charge is 0.507 e. The molecule has 276 valence electrons. The maximum atomic E-state index is 11.3. The topological polar surface area (TPSA) is 50.9 Å². The molecule has 6 aromatic carbocycles. The number of hydrogen-bond donors (Lipinski definition) is 1. The van der Waals surface area contributed by atoms with Gasteiger partial charge in [0.1, 0.15) is 11.6 Å². The van der Waals surface area contributed by atoms with Crippen LogP contribution in [0.1, 0.15) is 62.3 Å². The van der Waals surface area contributed by atoms with Gasteiger partial charge in [0, 0.05) is 38.5 Å². The van der Waals surface area contributed by atoms with Gasteiger partial charge >= 0.3 is 0 Å². The fourth-order valence-corrected chi connectivity index (χ4v) is 6.75. The van der Waals surface area contributed by atoms with E-state index < -0.39 is 36.4 Å². The molecule has 0 aliphatic heterocycles. The second-order valence-corrected chi connectivity index (χ2v) is 15.5. The van der Waals surface area contributed by atoms with Crippen molar-refractivity contribution in [1.82, 2.24) is 14.5 Å². The number of para-hydroxylation sites is 2. The molecule has 0 aliphatic carbocycles. The molecule has 8 aromatic rings. The van der Waals surface area contributed by atoms with Gasteiger partial charge in [-0.25, -0.2) is 4.98 Å². The van der Waals surface area contributed by atoms with Gasteiger partial charge in [0.2, 0.25) is 0 Å². The number of imidazole rings is 1. The summed E-state index contributed by atoms with van der Waals surface area (Å²) < 4.78 is 61.5. The number of aromatic hydroxyl groups is 1. The molecule has 0 amide bonds. The molecular weight excluding hydrogens is 854 g/mol. The van der Waals surface area contributed by atoms with E-state index in [1.165, 1.54) is 11.6 Å². The molecule has 1 N–H and O–H groups in total. The number of fused-ring (bicyclic) bond motifs is 1. The number of hydrogen-bond acceptors (Lipinski definition) is 3. The fourth-order valence-electron chi connectivity index (χ4n) is 6.75. The number of pyridine rings is 1. The minimum atomic E-state index is -0.540. The molecule has 5 heteroatoms. The molecule has 0 saturated carbocycles. The summed E-state index contributed by atoms with van der Waals surface area (Å²) >= 11 is 0. The van der Waals surface area contributed by atoms with Crippen LogP contribution >= 0.6 is 0 Å². The van der Waals surface area contributed by atoms with Gasteiger partial charge in [-0.05, 0) is 69.5 Å². The van der Waals surface area contributed by atoms with Crippen molar-refractivity contribution in [2.75, 3.05) is 0 Å². The van der Waals surface area contributed by atoms with E-state index in [1.54, 1.807) is 12.1 Å². The van der Waals surface area contributed by atoms with Gasteiger partial charge in [-0.2, -0.15) is 0 Å². The Balaban J connectivity index is 0.00000578. The van der Waals surface area contributed by atoms with E-state index in [9.17, 15) is 5.11 Å². The van der Waals surface area contributed by atoms with Crippen LogP contribution in [0.2, 0.25) is 0 Å². The van der Waals surface area contributed by atoms with Crippen molar-refractivity contribution in [2.24, 2.45) is 0 Å². The third kappa shape index (κ3) is 7.44. The van der Waals surface area contributed by atoms with E-state index in [4.69, 9.17) is 14.6 Å². The Morgan fingerprint density at radius 3 is 2.04 bits per heavy atom. The first-order valence-corrected chi connectivity index (χ1v) is 18.0. The van der Waals surface area contributed by atoms with Gasteiger partial charge < -0.3 is 5.11 Å². The zero-order valence-corrected chi connectivity index (χ0v) is 33.8. The normalized spacial score (nSPS) is 13.5. The molecule has 0 bridgehead atoms. The van der Waals surface area contributed by atoms with E-state index in [2.05, 4.69) is 93.6 Å². The summed E-state index contributed by atoms with van der Waals surface area (Å²) in [7, 11) is 0. The van der Waals surface area contributed by atoms with E-state index in [-0.39, 0.29) is 60.5 Å². The Labute approximate surface area is 348 Å². The predicted molar refractivity (Wildman–Crippen MR) is 224 cm³/mol. The Morgan fingerprint density at radius 2 is 1.31 bits per heavy atom. The molecule has 0 aliphatic rings. The molecule has 0 fully saturated rings. The molecule has 0 spiro atoms. The maximum Gasteiger partial charge on any atom is 0.148 e. The number of phenols is 1. The van der Waals surface area contributed by atoms with Crippen molar-refractivity contribution in [3.05, 3.63) is 169 Å². The molecule has 4 nitrogen and oxygen atoms in total. The molecule has 0 atom stereocenters. The summed E-state index contributed by atoms with van der Waals surface area (Å²) in [5.41, 5.74) is 8.53. The first-order chi connectivity index (χ1) is 28.8. The average Bonchev–Trinajstić information content (AvgIpc) is 3.62. The van der Waals surface area contributed by atoms with E-state index >= 15 is 0 Å². The second-order valence-electron chi connectivity index (χ2n) is 15.5. The van der Waals surface area contributed by atoms with Crippen LogP contribution in [0.15, 0.2) is 152 Å². The standard InChI is InChI=1S/C50H44N3O.Pt/c1-49(2,3)38-24-25-44(42(32-38)34-18-11-8-12-19-34)53-45-22-15-21-40(47(45)52-48(53)41-20-13-14-23-46(41)54)36-28-37(30-39(29-36)50(4,5)6)43-31-35(26-27-51-43)33-16-9-7-10-17-33;/h7-27,29-32,54H,1-6H3;/q-1;/i7D,9D,10D,16D,17D,26D,27D;. The van der Waals surface area contributed by atoms with Crippen LogP contribution in [0.3, 0.4) is 0 Å². The van der Waals surface area contributed by atoms with Crippen molar-refractivity contribution in [1.29, 1.82) is 0 Å². The molecule has 0 saturated heterocycles. The number of nitrogens with zero attached hydrogens (tertiary/aromatic N) is 3. The van der Waals surface area contributed by atoms with Crippen molar-refractivity contribution in [3.63, 3.8) is 0 Å². The molecule has 0 radical (unpaired) electrons. The summed E-state index contributed by atoms with van der Waals surface area (Å²) in [5, 5.41) is 11.3. The number of benzene rings is 6. The van der Waals surface area contributed by atoms with E-state index in [0.717, 1.165) is 33.5 Å². The van der Waals surface area contributed by atoms with Crippen molar-refractivity contribution < 1.29 is 35.8 Å². The monoisotopic (exact) mass is 904 g/mol. The molecular formula is C50H44N3OPt-. The number of phenolic OH excluding ortho intramolecular Hbond substituents is 1. The van der Waals surface area contributed by atoms with Crippen LogP contribution in [0, 0.1) is 6.07 Å².